The Balaban J connectivity index is 1.77. The Morgan fingerprint density at radius 3 is 2.70 bits per heavy atom. The lowest BCUT2D eigenvalue weighted by molar-refractivity contribution is 0.243. The van der Waals surface area contributed by atoms with Crippen molar-refractivity contribution in [2.75, 3.05) is 6.54 Å². The molecule has 1 aliphatic rings. The SMILES string of the molecule is CCn1c(=O)c2c(C)[nH]nc2c2cc(C#CCN3[C@@H](C)CC[C@@H]3C)ccc21. The van der Waals surface area contributed by atoms with Crippen molar-refractivity contribution in [1.29, 1.82) is 0 Å². The lowest BCUT2D eigenvalue weighted by atomic mass is 10.1. The van der Waals surface area contributed by atoms with Crippen LogP contribution in [0, 0.1) is 18.8 Å². The van der Waals surface area contributed by atoms with Crippen molar-refractivity contribution in [2.45, 2.75) is 59.2 Å². The minimum atomic E-state index is 0.0158. The van der Waals surface area contributed by atoms with Gasteiger partial charge in [0.25, 0.3) is 5.56 Å². The van der Waals surface area contributed by atoms with Crippen LogP contribution >= 0.6 is 0 Å². The fourth-order valence-corrected chi connectivity index (χ4v) is 4.28. The summed E-state index contributed by atoms with van der Waals surface area (Å²) in [5.41, 5.74) is 3.44. The normalized spacial score (nSPS) is 20.3. The predicted molar refractivity (Wildman–Crippen MR) is 110 cm³/mol. The van der Waals surface area contributed by atoms with Gasteiger partial charge < -0.3 is 4.57 Å². The van der Waals surface area contributed by atoms with Crippen molar-refractivity contribution in [3.05, 3.63) is 39.8 Å². The quantitative estimate of drug-likeness (QED) is 0.711. The second-order valence-corrected chi connectivity index (χ2v) is 7.60. The molecule has 0 bridgehead atoms. The molecule has 1 fully saturated rings. The lowest BCUT2D eigenvalue weighted by Crippen LogP contribution is -2.32. The Morgan fingerprint density at radius 1 is 1.26 bits per heavy atom. The maximum absolute atomic E-state index is 12.8. The van der Waals surface area contributed by atoms with Crippen LogP contribution in [0.25, 0.3) is 21.8 Å². The minimum Gasteiger partial charge on any atom is -0.308 e. The smallest absolute Gasteiger partial charge is 0.262 e. The van der Waals surface area contributed by atoms with E-state index < -0.39 is 0 Å². The van der Waals surface area contributed by atoms with Crippen molar-refractivity contribution >= 4 is 21.8 Å². The molecule has 1 aliphatic heterocycles. The van der Waals surface area contributed by atoms with Gasteiger partial charge in [0, 0.05) is 35.3 Å². The Kier molecular flexibility index (Phi) is 4.53. The standard InChI is InChI=1S/C22H26N4O/c1-5-25-19-11-10-17(7-6-12-26-14(2)8-9-15(26)3)13-18(19)21-20(22(25)27)16(4)23-24-21/h10-11,13-15H,5,8-9,12H2,1-4H3,(H,23,24)/t14-,15-/m0/s1. The van der Waals surface area contributed by atoms with Crippen LogP contribution in [0.2, 0.25) is 0 Å². The first-order valence-electron chi connectivity index (χ1n) is 9.77. The maximum Gasteiger partial charge on any atom is 0.262 e. The lowest BCUT2D eigenvalue weighted by Gasteiger charge is -2.22. The zero-order chi connectivity index (χ0) is 19.1. The number of benzene rings is 1. The molecule has 0 radical (unpaired) electrons. The monoisotopic (exact) mass is 362 g/mol. The van der Waals surface area contributed by atoms with Gasteiger partial charge in [-0.05, 0) is 58.7 Å². The molecule has 0 unspecified atom stereocenters. The van der Waals surface area contributed by atoms with Crippen LogP contribution in [-0.2, 0) is 6.54 Å². The predicted octanol–water partition coefficient (Wildman–Crippen LogP) is 3.43. The number of aromatic nitrogens is 3. The number of pyridine rings is 1. The molecule has 0 saturated carbocycles. The Hall–Kier alpha value is -2.58. The molecule has 0 spiro atoms. The Labute approximate surface area is 159 Å². The molecule has 140 valence electrons. The van der Waals surface area contributed by atoms with E-state index in [1.54, 1.807) is 0 Å². The van der Waals surface area contributed by atoms with E-state index in [4.69, 9.17) is 0 Å². The largest absolute Gasteiger partial charge is 0.308 e. The molecule has 3 aromatic rings. The fourth-order valence-electron chi connectivity index (χ4n) is 4.28. The topological polar surface area (TPSA) is 53.9 Å². The fraction of sp³-hybridized carbons (Fsp3) is 0.455. The van der Waals surface area contributed by atoms with Crippen molar-refractivity contribution in [1.82, 2.24) is 19.7 Å². The van der Waals surface area contributed by atoms with E-state index in [0.717, 1.165) is 34.2 Å². The van der Waals surface area contributed by atoms with Gasteiger partial charge in [0.05, 0.1) is 17.4 Å². The number of nitrogens with zero attached hydrogens (tertiary/aromatic N) is 3. The molecule has 5 nitrogen and oxygen atoms in total. The third-order valence-corrected chi connectivity index (χ3v) is 5.89. The van der Waals surface area contributed by atoms with Crippen LogP contribution in [-0.4, -0.2) is 38.3 Å². The summed E-state index contributed by atoms with van der Waals surface area (Å²) in [5, 5.41) is 9.01. The number of nitrogens with one attached hydrogen (secondary N) is 1. The highest BCUT2D eigenvalue weighted by Gasteiger charge is 2.25. The number of rotatable bonds is 2. The number of aryl methyl sites for hydroxylation is 2. The van der Waals surface area contributed by atoms with E-state index in [1.807, 2.05) is 30.5 Å². The van der Waals surface area contributed by atoms with Crippen LogP contribution in [0.15, 0.2) is 23.0 Å². The maximum atomic E-state index is 12.8. The van der Waals surface area contributed by atoms with Gasteiger partial charge in [0.1, 0.15) is 5.52 Å². The third-order valence-electron chi connectivity index (χ3n) is 5.89. The first-order chi connectivity index (χ1) is 13.0. The first kappa shape index (κ1) is 17.8. The zero-order valence-corrected chi connectivity index (χ0v) is 16.5. The average molecular weight is 362 g/mol. The molecule has 1 saturated heterocycles. The van der Waals surface area contributed by atoms with Gasteiger partial charge in [-0.3, -0.25) is 14.8 Å². The van der Waals surface area contributed by atoms with Gasteiger partial charge in [0.2, 0.25) is 0 Å². The van der Waals surface area contributed by atoms with Crippen LogP contribution in [0.5, 0.6) is 0 Å². The van der Waals surface area contributed by atoms with Gasteiger partial charge in [-0.15, -0.1) is 0 Å². The summed E-state index contributed by atoms with van der Waals surface area (Å²) in [6, 6.07) is 7.28. The zero-order valence-electron chi connectivity index (χ0n) is 16.5. The van der Waals surface area contributed by atoms with Gasteiger partial charge in [-0.25, -0.2) is 0 Å². The van der Waals surface area contributed by atoms with E-state index in [1.165, 1.54) is 12.8 Å². The highest BCUT2D eigenvalue weighted by Crippen LogP contribution is 2.24. The number of hydrogen-bond acceptors (Lipinski definition) is 3. The molecule has 4 rings (SSSR count). The summed E-state index contributed by atoms with van der Waals surface area (Å²) in [7, 11) is 0. The second-order valence-electron chi connectivity index (χ2n) is 7.60. The van der Waals surface area contributed by atoms with Gasteiger partial charge in [0.15, 0.2) is 0 Å². The van der Waals surface area contributed by atoms with E-state index in [2.05, 4.69) is 46.9 Å². The van der Waals surface area contributed by atoms with Gasteiger partial charge in [-0.2, -0.15) is 5.10 Å². The van der Waals surface area contributed by atoms with E-state index in [0.29, 0.717) is 24.0 Å². The minimum absolute atomic E-state index is 0.0158. The third kappa shape index (κ3) is 2.94. The summed E-state index contributed by atoms with van der Waals surface area (Å²) in [4.78, 5) is 15.3. The number of hydrogen-bond donors (Lipinski definition) is 1. The number of aromatic amines is 1. The molecule has 2 aromatic heterocycles. The first-order valence-corrected chi connectivity index (χ1v) is 9.77. The molecule has 3 heterocycles. The van der Waals surface area contributed by atoms with Gasteiger partial charge in [-0.1, -0.05) is 11.8 Å². The summed E-state index contributed by atoms with van der Waals surface area (Å²) >= 11 is 0. The molecular weight excluding hydrogens is 336 g/mol. The van der Waals surface area contributed by atoms with Gasteiger partial charge >= 0.3 is 0 Å². The molecular formula is C22H26N4O. The average Bonchev–Trinajstić information content (AvgIpc) is 3.20. The van der Waals surface area contributed by atoms with E-state index >= 15 is 0 Å². The highest BCUT2D eigenvalue weighted by molar-refractivity contribution is 6.04. The van der Waals surface area contributed by atoms with Crippen molar-refractivity contribution in [2.24, 2.45) is 0 Å². The summed E-state index contributed by atoms with van der Waals surface area (Å²) in [6.07, 6.45) is 2.51. The van der Waals surface area contributed by atoms with Crippen LogP contribution in [0.1, 0.15) is 44.9 Å². The number of likely N-dealkylation sites (tertiary alicyclic amines) is 1. The highest BCUT2D eigenvalue weighted by atomic mass is 16.1. The second kappa shape index (κ2) is 6.86. The summed E-state index contributed by atoms with van der Waals surface area (Å²) in [6.45, 7) is 9.87. The molecule has 0 amide bonds. The van der Waals surface area contributed by atoms with E-state index in [-0.39, 0.29) is 5.56 Å². The van der Waals surface area contributed by atoms with Crippen LogP contribution < -0.4 is 5.56 Å². The number of H-pyrrole nitrogens is 1. The molecule has 1 N–H and O–H groups in total. The Bertz CT molecular complexity index is 1120. The summed E-state index contributed by atoms with van der Waals surface area (Å²) in [5.74, 6) is 6.65. The number of fused-ring (bicyclic) bond motifs is 3. The molecule has 0 aliphatic carbocycles. The van der Waals surface area contributed by atoms with Crippen molar-refractivity contribution in [3.63, 3.8) is 0 Å². The van der Waals surface area contributed by atoms with Crippen molar-refractivity contribution < 1.29 is 0 Å². The Morgan fingerprint density at radius 2 is 2.00 bits per heavy atom. The van der Waals surface area contributed by atoms with E-state index in [9.17, 15) is 4.79 Å². The van der Waals surface area contributed by atoms with Crippen LogP contribution in [0.3, 0.4) is 0 Å². The molecule has 1 aromatic carbocycles. The molecule has 27 heavy (non-hydrogen) atoms. The summed E-state index contributed by atoms with van der Waals surface area (Å²) < 4.78 is 1.81. The van der Waals surface area contributed by atoms with Crippen LogP contribution in [0.4, 0.5) is 0 Å². The van der Waals surface area contributed by atoms with Crippen molar-refractivity contribution in [3.8, 4) is 11.8 Å². The molecule has 2 atom stereocenters. The molecule has 5 heteroatoms.